The van der Waals surface area contributed by atoms with Crippen molar-refractivity contribution in [2.45, 2.75) is 26.7 Å². The van der Waals surface area contributed by atoms with Crippen LogP contribution in [0.4, 0.5) is 5.69 Å². The van der Waals surface area contributed by atoms with Gasteiger partial charge >= 0.3 is 0 Å². The smallest absolute Gasteiger partial charge is 0.241 e. The predicted molar refractivity (Wildman–Crippen MR) is 77.0 cm³/mol. The Morgan fingerprint density at radius 2 is 2.11 bits per heavy atom. The maximum atomic E-state index is 12.0. The standard InChI is InChI=1S/C15H18ClNO2/c1-10(2)15(19)12-5-6-13-11(8-12)4-3-7-17(13)14(18)9-16/h5-6,8,10H,3-4,7,9H2,1-2H3. The number of amides is 1. The Morgan fingerprint density at radius 1 is 1.37 bits per heavy atom. The van der Waals surface area contributed by atoms with Crippen molar-refractivity contribution in [1.82, 2.24) is 0 Å². The molecule has 102 valence electrons. The Balaban J connectivity index is 2.36. The van der Waals surface area contributed by atoms with Crippen LogP contribution < -0.4 is 4.90 Å². The van der Waals surface area contributed by atoms with E-state index >= 15 is 0 Å². The van der Waals surface area contributed by atoms with E-state index in [9.17, 15) is 9.59 Å². The van der Waals surface area contributed by atoms with Gasteiger partial charge in [-0.25, -0.2) is 0 Å². The summed E-state index contributed by atoms with van der Waals surface area (Å²) < 4.78 is 0. The molecular weight excluding hydrogens is 262 g/mol. The summed E-state index contributed by atoms with van der Waals surface area (Å²) in [6, 6.07) is 5.60. The number of carbonyl (C=O) groups is 2. The molecule has 0 radical (unpaired) electrons. The molecule has 0 aromatic heterocycles. The van der Waals surface area contributed by atoms with Crippen molar-refractivity contribution in [2.24, 2.45) is 5.92 Å². The average Bonchev–Trinajstić information content (AvgIpc) is 2.44. The van der Waals surface area contributed by atoms with Gasteiger partial charge in [0.05, 0.1) is 0 Å². The lowest BCUT2D eigenvalue weighted by atomic mass is 9.94. The van der Waals surface area contributed by atoms with Crippen molar-refractivity contribution in [1.29, 1.82) is 0 Å². The van der Waals surface area contributed by atoms with Gasteiger partial charge in [0, 0.05) is 23.7 Å². The highest BCUT2D eigenvalue weighted by molar-refractivity contribution is 6.29. The highest BCUT2D eigenvalue weighted by Crippen LogP contribution is 2.29. The van der Waals surface area contributed by atoms with E-state index in [4.69, 9.17) is 11.6 Å². The van der Waals surface area contributed by atoms with Gasteiger partial charge in [-0.2, -0.15) is 0 Å². The van der Waals surface area contributed by atoms with Crippen molar-refractivity contribution in [3.05, 3.63) is 29.3 Å². The Bertz CT molecular complexity index is 511. The number of halogens is 1. The molecule has 0 fully saturated rings. The van der Waals surface area contributed by atoms with Crippen molar-refractivity contribution < 1.29 is 9.59 Å². The van der Waals surface area contributed by atoms with Gasteiger partial charge in [0.2, 0.25) is 5.91 Å². The molecule has 0 bridgehead atoms. The second-order valence-corrected chi connectivity index (χ2v) is 5.41. The number of hydrogen-bond acceptors (Lipinski definition) is 2. The molecule has 19 heavy (non-hydrogen) atoms. The van der Waals surface area contributed by atoms with Crippen LogP contribution in [0.5, 0.6) is 0 Å². The molecule has 1 aromatic rings. The minimum absolute atomic E-state index is 0.00782. The number of ketones is 1. The van der Waals surface area contributed by atoms with E-state index in [1.54, 1.807) is 11.0 Å². The molecule has 0 spiro atoms. The zero-order valence-electron chi connectivity index (χ0n) is 11.3. The van der Waals surface area contributed by atoms with Gasteiger partial charge < -0.3 is 4.90 Å². The third-order valence-corrected chi connectivity index (χ3v) is 3.65. The fourth-order valence-corrected chi connectivity index (χ4v) is 2.56. The van der Waals surface area contributed by atoms with Crippen LogP contribution in [0.15, 0.2) is 18.2 Å². The summed E-state index contributed by atoms with van der Waals surface area (Å²) >= 11 is 5.63. The Morgan fingerprint density at radius 3 is 2.74 bits per heavy atom. The quantitative estimate of drug-likeness (QED) is 0.630. The number of Topliss-reactive ketones (excluding diaryl/α,β-unsaturated/α-hetero) is 1. The van der Waals surface area contributed by atoms with E-state index in [1.165, 1.54) is 0 Å². The van der Waals surface area contributed by atoms with E-state index in [0.29, 0.717) is 6.54 Å². The van der Waals surface area contributed by atoms with E-state index < -0.39 is 0 Å². The van der Waals surface area contributed by atoms with Gasteiger partial charge in [-0.15, -0.1) is 11.6 Å². The largest absolute Gasteiger partial charge is 0.311 e. The first kappa shape index (κ1) is 14.1. The van der Waals surface area contributed by atoms with Gasteiger partial charge in [0.25, 0.3) is 0 Å². The molecule has 0 aliphatic carbocycles. The first-order valence-corrected chi connectivity index (χ1v) is 7.11. The third kappa shape index (κ3) is 2.81. The van der Waals surface area contributed by atoms with Crippen LogP contribution in [0.2, 0.25) is 0 Å². The molecule has 4 heteroatoms. The van der Waals surface area contributed by atoms with Crippen molar-refractivity contribution >= 4 is 29.0 Å². The zero-order valence-corrected chi connectivity index (χ0v) is 12.0. The molecule has 0 unspecified atom stereocenters. The number of hydrogen-bond donors (Lipinski definition) is 0. The molecule has 1 aliphatic rings. The fourth-order valence-electron chi connectivity index (χ4n) is 2.41. The second kappa shape index (κ2) is 5.74. The molecular formula is C15H18ClNO2. The topological polar surface area (TPSA) is 37.4 Å². The average molecular weight is 280 g/mol. The predicted octanol–water partition coefficient (Wildman–Crippen LogP) is 3.04. The Hall–Kier alpha value is -1.35. The van der Waals surface area contributed by atoms with Crippen LogP contribution in [0.1, 0.15) is 36.2 Å². The highest BCUT2D eigenvalue weighted by Gasteiger charge is 2.23. The minimum Gasteiger partial charge on any atom is -0.311 e. The first-order chi connectivity index (χ1) is 9.04. The number of nitrogens with zero attached hydrogens (tertiary/aromatic N) is 1. The Kier molecular flexibility index (Phi) is 4.25. The van der Waals surface area contributed by atoms with Gasteiger partial charge in [-0.3, -0.25) is 9.59 Å². The maximum Gasteiger partial charge on any atom is 0.241 e. The van der Waals surface area contributed by atoms with Crippen LogP contribution in [0, 0.1) is 5.92 Å². The van der Waals surface area contributed by atoms with E-state index in [-0.39, 0.29) is 23.5 Å². The maximum absolute atomic E-state index is 12.0. The molecule has 3 nitrogen and oxygen atoms in total. The van der Waals surface area contributed by atoms with E-state index in [0.717, 1.165) is 29.7 Å². The summed E-state index contributed by atoms with van der Waals surface area (Å²) in [7, 11) is 0. The lowest BCUT2D eigenvalue weighted by Gasteiger charge is -2.29. The number of fused-ring (bicyclic) bond motifs is 1. The van der Waals surface area contributed by atoms with Crippen molar-refractivity contribution in [3.63, 3.8) is 0 Å². The fraction of sp³-hybridized carbons (Fsp3) is 0.467. The normalized spacial score (nSPS) is 14.4. The minimum atomic E-state index is -0.0782. The lowest BCUT2D eigenvalue weighted by Crippen LogP contribution is -2.36. The second-order valence-electron chi connectivity index (χ2n) is 5.15. The molecule has 0 N–H and O–H groups in total. The summed E-state index contributed by atoms with van der Waals surface area (Å²) in [5, 5.41) is 0. The lowest BCUT2D eigenvalue weighted by molar-refractivity contribution is -0.116. The molecule has 0 saturated carbocycles. The zero-order chi connectivity index (χ0) is 14.0. The monoisotopic (exact) mass is 279 g/mol. The number of anilines is 1. The van der Waals surface area contributed by atoms with Gasteiger partial charge in [-0.05, 0) is 36.6 Å². The summed E-state index contributed by atoms with van der Waals surface area (Å²) in [5.41, 5.74) is 2.70. The van der Waals surface area contributed by atoms with Crippen molar-refractivity contribution in [2.75, 3.05) is 17.3 Å². The van der Waals surface area contributed by atoms with Crippen LogP contribution in [0.3, 0.4) is 0 Å². The van der Waals surface area contributed by atoms with Crippen molar-refractivity contribution in [3.8, 4) is 0 Å². The molecule has 1 aromatic carbocycles. The van der Waals surface area contributed by atoms with E-state index in [2.05, 4.69) is 0 Å². The summed E-state index contributed by atoms with van der Waals surface area (Å²) in [5.74, 6) is 0.0444. The van der Waals surface area contributed by atoms with Gasteiger partial charge in [0.15, 0.2) is 5.78 Å². The summed E-state index contributed by atoms with van der Waals surface area (Å²) in [6.07, 6.45) is 1.82. The highest BCUT2D eigenvalue weighted by atomic mass is 35.5. The van der Waals surface area contributed by atoms with Gasteiger partial charge in [-0.1, -0.05) is 13.8 Å². The molecule has 2 rings (SSSR count). The van der Waals surface area contributed by atoms with E-state index in [1.807, 2.05) is 26.0 Å². The van der Waals surface area contributed by atoms with Crippen LogP contribution in [0.25, 0.3) is 0 Å². The number of rotatable bonds is 3. The number of carbonyl (C=O) groups excluding carboxylic acids is 2. The number of benzene rings is 1. The van der Waals surface area contributed by atoms with Gasteiger partial charge in [0.1, 0.15) is 5.88 Å². The molecule has 1 amide bonds. The van der Waals surface area contributed by atoms with Crippen LogP contribution in [-0.2, 0) is 11.2 Å². The third-order valence-electron chi connectivity index (χ3n) is 3.42. The number of aryl methyl sites for hydroxylation is 1. The SMILES string of the molecule is CC(C)C(=O)c1ccc2c(c1)CCCN2C(=O)CCl. The Labute approximate surface area is 118 Å². The molecule has 0 saturated heterocycles. The number of alkyl halides is 1. The van der Waals surface area contributed by atoms with Crippen LogP contribution in [-0.4, -0.2) is 24.1 Å². The van der Waals surface area contributed by atoms with Crippen LogP contribution >= 0.6 is 11.6 Å². The summed E-state index contributed by atoms with van der Waals surface area (Å²) in [4.78, 5) is 25.5. The molecule has 1 heterocycles. The first-order valence-electron chi connectivity index (χ1n) is 6.58. The molecule has 1 aliphatic heterocycles. The molecule has 0 atom stereocenters. The summed E-state index contributed by atoms with van der Waals surface area (Å²) in [6.45, 7) is 4.49.